The summed E-state index contributed by atoms with van der Waals surface area (Å²) in [6.45, 7) is 1.28. The average Bonchev–Trinajstić information content (AvgIpc) is 2.94. The van der Waals surface area contributed by atoms with Crippen LogP contribution < -0.4 is 14.9 Å². The summed E-state index contributed by atoms with van der Waals surface area (Å²) in [5, 5.41) is 5.99. The van der Waals surface area contributed by atoms with Crippen LogP contribution in [0.25, 0.3) is 0 Å². The molecule has 10 heteroatoms. The molecule has 4 aromatic rings. The fourth-order valence-electron chi connectivity index (χ4n) is 3.88. The largest absolute Gasteiger partial charge is 0.345 e. The molecule has 2 amide bonds. The van der Waals surface area contributed by atoms with E-state index < -0.39 is 22.5 Å². The number of carbonyl (C=O) groups excluding carboxylic acids is 2. The first kappa shape index (κ1) is 28.2. The number of carbonyl (C=O) groups is 2. The molecule has 4 rings (SSSR count). The van der Waals surface area contributed by atoms with Gasteiger partial charge in [-0.1, -0.05) is 83.9 Å². The molecule has 0 unspecified atom stereocenters. The molecule has 0 aliphatic rings. The Labute approximate surface area is 237 Å². The third-order valence-corrected chi connectivity index (χ3v) is 8.43. The summed E-state index contributed by atoms with van der Waals surface area (Å²) in [5.41, 5.74) is 1.56. The lowest BCUT2D eigenvalue weighted by atomic mass is 10.1. The third-order valence-electron chi connectivity index (χ3n) is 5.90. The Balaban J connectivity index is 1.59. The number of para-hydroxylation sites is 1. The van der Waals surface area contributed by atoms with Gasteiger partial charge in [-0.05, 0) is 55.0 Å². The molecule has 0 aliphatic heterocycles. The lowest BCUT2D eigenvalue weighted by Gasteiger charge is -2.24. The molecule has 200 valence electrons. The first-order valence-electron chi connectivity index (χ1n) is 11.9. The highest BCUT2D eigenvalue weighted by atomic mass is 35.5. The summed E-state index contributed by atoms with van der Waals surface area (Å²) < 4.78 is 28.1. The quantitative estimate of drug-likeness (QED) is 0.242. The van der Waals surface area contributed by atoms with E-state index in [1.54, 1.807) is 42.5 Å². The minimum Gasteiger partial charge on any atom is -0.345 e. The zero-order chi connectivity index (χ0) is 28.0. The van der Waals surface area contributed by atoms with Crippen LogP contribution in [0.4, 0.5) is 11.4 Å². The van der Waals surface area contributed by atoms with Crippen LogP contribution in [0.2, 0.25) is 10.0 Å². The van der Waals surface area contributed by atoms with Crippen LogP contribution >= 0.6 is 23.2 Å². The molecule has 0 aliphatic carbocycles. The number of benzene rings is 4. The second kappa shape index (κ2) is 12.3. The number of halogens is 2. The normalized spacial score (nSPS) is 11.9. The summed E-state index contributed by atoms with van der Waals surface area (Å²) in [4.78, 5) is 26.3. The topological polar surface area (TPSA) is 95.6 Å². The summed E-state index contributed by atoms with van der Waals surface area (Å²) in [5.74, 6) is -1.04. The lowest BCUT2D eigenvalue weighted by molar-refractivity contribution is -0.114. The molecule has 39 heavy (non-hydrogen) atoms. The molecule has 7 nitrogen and oxygen atoms in total. The minimum absolute atomic E-state index is 0.00134. The van der Waals surface area contributed by atoms with E-state index in [-0.39, 0.29) is 43.8 Å². The van der Waals surface area contributed by atoms with Crippen molar-refractivity contribution in [3.63, 3.8) is 0 Å². The fourth-order valence-corrected chi connectivity index (χ4v) is 5.61. The third kappa shape index (κ3) is 6.78. The Bertz CT molecular complexity index is 1580. The van der Waals surface area contributed by atoms with Gasteiger partial charge in [0.2, 0.25) is 5.91 Å². The number of sulfonamides is 1. The van der Waals surface area contributed by atoms with Crippen LogP contribution in [0, 0.1) is 0 Å². The van der Waals surface area contributed by atoms with Gasteiger partial charge in [-0.3, -0.25) is 13.9 Å². The molecule has 4 aromatic carbocycles. The van der Waals surface area contributed by atoms with Gasteiger partial charge in [-0.25, -0.2) is 8.42 Å². The van der Waals surface area contributed by atoms with E-state index in [1.807, 2.05) is 37.3 Å². The molecule has 0 fully saturated rings. The maximum absolute atomic E-state index is 13.6. The second-order valence-electron chi connectivity index (χ2n) is 8.62. The van der Waals surface area contributed by atoms with E-state index in [0.717, 1.165) is 9.87 Å². The van der Waals surface area contributed by atoms with Crippen molar-refractivity contribution in [1.82, 2.24) is 5.32 Å². The standard InChI is InChI=1S/C29H25Cl2N3O4S/c1-20(21-10-4-2-5-11-21)32-29(36)24-14-8-9-15-27(24)33-28(35)19-34(22-16-17-25(30)26(31)18-22)39(37,38)23-12-6-3-7-13-23/h2-18,20H,19H2,1H3,(H,32,36)(H,33,35)/t20-/m1/s1. The maximum atomic E-state index is 13.6. The number of hydrogen-bond donors (Lipinski definition) is 2. The number of hydrogen-bond acceptors (Lipinski definition) is 4. The molecule has 0 aromatic heterocycles. The predicted molar refractivity (Wildman–Crippen MR) is 155 cm³/mol. The van der Waals surface area contributed by atoms with Gasteiger partial charge in [-0.2, -0.15) is 0 Å². The van der Waals surface area contributed by atoms with Gasteiger partial charge in [0.1, 0.15) is 6.54 Å². The Morgan fingerprint density at radius 2 is 1.44 bits per heavy atom. The van der Waals surface area contributed by atoms with Crippen LogP contribution in [-0.2, 0) is 14.8 Å². The van der Waals surface area contributed by atoms with Crippen molar-refractivity contribution >= 4 is 56.4 Å². The van der Waals surface area contributed by atoms with Crippen molar-refractivity contribution < 1.29 is 18.0 Å². The van der Waals surface area contributed by atoms with Gasteiger partial charge in [0.25, 0.3) is 15.9 Å². The highest BCUT2D eigenvalue weighted by Crippen LogP contribution is 2.30. The van der Waals surface area contributed by atoms with E-state index in [4.69, 9.17) is 23.2 Å². The van der Waals surface area contributed by atoms with E-state index in [9.17, 15) is 18.0 Å². The maximum Gasteiger partial charge on any atom is 0.264 e. The predicted octanol–water partition coefficient (Wildman–Crippen LogP) is 6.32. The Kier molecular flexibility index (Phi) is 8.91. The molecule has 0 saturated carbocycles. The van der Waals surface area contributed by atoms with Crippen molar-refractivity contribution in [2.75, 3.05) is 16.2 Å². The SMILES string of the molecule is C[C@@H](NC(=O)c1ccccc1NC(=O)CN(c1ccc(Cl)c(Cl)c1)S(=O)(=O)c1ccccc1)c1ccccc1. The van der Waals surface area contributed by atoms with E-state index in [0.29, 0.717) is 0 Å². The Morgan fingerprint density at radius 3 is 2.10 bits per heavy atom. The first-order chi connectivity index (χ1) is 18.7. The first-order valence-corrected chi connectivity index (χ1v) is 14.1. The van der Waals surface area contributed by atoms with Gasteiger partial charge >= 0.3 is 0 Å². The minimum atomic E-state index is -4.15. The zero-order valence-electron chi connectivity index (χ0n) is 20.8. The van der Waals surface area contributed by atoms with Crippen molar-refractivity contribution in [3.05, 3.63) is 124 Å². The smallest absolute Gasteiger partial charge is 0.264 e. The molecular formula is C29H25Cl2N3O4S. The van der Waals surface area contributed by atoms with Crippen molar-refractivity contribution in [2.24, 2.45) is 0 Å². The molecule has 0 saturated heterocycles. The fraction of sp³-hybridized carbons (Fsp3) is 0.103. The van der Waals surface area contributed by atoms with E-state index in [1.165, 1.54) is 30.3 Å². The highest BCUT2D eigenvalue weighted by molar-refractivity contribution is 7.92. The molecule has 0 bridgehead atoms. The Hall–Kier alpha value is -3.85. The molecular weight excluding hydrogens is 557 g/mol. The van der Waals surface area contributed by atoms with Crippen molar-refractivity contribution in [3.8, 4) is 0 Å². The number of rotatable bonds is 9. The van der Waals surface area contributed by atoms with E-state index in [2.05, 4.69) is 10.6 Å². The lowest BCUT2D eigenvalue weighted by Crippen LogP contribution is -2.38. The number of amides is 2. The molecule has 0 spiro atoms. The molecule has 1 atom stereocenters. The summed E-state index contributed by atoms with van der Waals surface area (Å²) >= 11 is 12.2. The van der Waals surface area contributed by atoms with Gasteiger partial charge < -0.3 is 10.6 Å². The number of nitrogens with zero attached hydrogens (tertiary/aromatic N) is 1. The van der Waals surface area contributed by atoms with Gasteiger partial charge in [0.05, 0.1) is 37.9 Å². The summed E-state index contributed by atoms with van der Waals surface area (Å²) in [6.07, 6.45) is 0. The monoisotopic (exact) mass is 581 g/mol. The van der Waals surface area contributed by atoms with Crippen LogP contribution in [0.1, 0.15) is 28.9 Å². The van der Waals surface area contributed by atoms with Crippen molar-refractivity contribution in [2.45, 2.75) is 17.9 Å². The number of anilines is 2. The van der Waals surface area contributed by atoms with Crippen molar-refractivity contribution in [1.29, 1.82) is 0 Å². The van der Waals surface area contributed by atoms with Gasteiger partial charge in [0, 0.05) is 0 Å². The number of nitrogens with one attached hydrogen (secondary N) is 2. The van der Waals surface area contributed by atoms with Gasteiger partial charge in [-0.15, -0.1) is 0 Å². The Morgan fingerprint density at radius 1 is 0.821 bits per heavy atom. The van der Waals surface area contributed by atoms with E-state index >= 15 is 0 Å². The summed E-state index contributed by atoms with van der Waals surface area (Å²) in [7, 11) is -4.15. The van der Waals surface area contributed by atoms with Crippen LogP contribution in [0.15, 0.2) is 108 Å². The average molecular weight is 583 g/mol. The second-order valence-corrected chi connectivity index (χ2v) is 11.3. The molecule has 2 N–H and O–H groups in total. The van der Waals surface area contributed by atoms with Crippen LogP contribution in [-0.4, -0.2) is 26.8 Å². The van der Waals surface area contributed by atoms with Crippen LogP contribution in [0.3, 0.4) is 0 Å². The zero-order valence-corrected chi connectivity index (χ0v) is 23.2. The van der Waals surface area contributed by atoms with Gasteiger partial charge in [0.15, 0.2) is 0 Å². The molecule has 0 heterocycles. The molecule has 0 radical (unpaired) electrons. The summed E-state index contributed by atoms with van der Waals surface area (Å²) in [6, 6.07) is 27.8. The van der Waals surface area contributed by atoms with Crippen LogP contribution in [0.5, 0.6) is 0 Å². The highest BCUT2D eigenvalue weighted by Gasteiger charge is 2.28.